The van der Waals surface area contributed by atoms with Crippen LogP contribution in [0, 0.1) is 0 Å². The molecule has 9 nitrogen and oxygen atoms in total. The molecule has 5 heterocycles. The lowest BCUT2D eigenvalue weighted by Gasteiger charge is -2.25. The number of nitrogens with zero attached hydrogens (tertiary/aromatic N) is 6. The summed E-state index contributed by atoms with van der Waals surface area (Å²) in [5, 5.41) is 11.8. The van der Waals surface area contributed by atoms with Crippen molar-refractivity contribution >= 4 is 11.6 Å². The van der Waals surface area contributed by atoms with E-state index >= 15 is 0 Å². The van der Waals surface area contributed by atoms with Crippen molar-refractivity contribution in [3.05, 3.63) is 66.9 Å². The molecular weight excluding hydrogens is 382 g/mol. The summed E-state index contributed by atoms with van der Waals surface area (Å²) in [7, 11) is 1.84. The minimum Gasteiger partial charge on any atom is -0.377 e. The van der Waals surface area contributed by atoms with Crippen molar-refractivity contribution in [3.8, 4) is 22.6 Å². The Labute approximate surface area is 172 Å². The van der Waals surface area contributed by atoms with Crippen molar-refractivity contribution in [1.29, 1.82) is 0 Å². The van der Waals surface area contributed by atoms with Crippen molar-refractivity contribution in [3.63, 3.8) is 0 Å². The number of pyridine rings is 2. The third-order valence-corrected chi connectivity index (χ3v) is 4.86. The van der Waals surface area contributed by atoms with Gasteiger partial charge in [-0.3, -0.25) is 19.1 Å². The van der Waals surface area contributed by atoms with E-state index in [1.54, 1.807) is 29.2 Å². The molecule has 0 aliphatic carbocycles. The number of nitrogens with one attached hydrogen (secondary N) is 1. The van der Waals surface area contributed by atoms with E-state index in [4.69, 9.17) is 4.74 Å². The average molecular weight is 401 g/mol. The molecule has 5 rings (SSSR count). The van der Waals surface area contributed by atoms with Crippen LogP contribution in [0.25, 0.3) is 22.6 Å². The lowest BCUT2D eigenvalue weighted by molar-refractivity contribution is -0.0285. The van der Waals surface area contributed by atoms with Gasteiger partial charge < -0.3 is 10.1 Å². The van der Waals surface area contributed by atoms with E-state index in [0.717, 1.165) is 5.56 Å². The van der Waals surface area contributed by atoms with Crippen molar-refractivity contribution in [2.45, 2.75) is 6.04 Å². The third-order valence-electron chi connectivity index (χ3n) is 4.86. The first-order chi connectivity index (χ1) is 14.7. The molecule has 4 aromatic heterocycles. The fourth-order valence-corrected chi connectivity index (χ4v) is 3.20. The molecule has 150 valence electrons. The standard InChI is InChI=1S/C21H19N7O2/c1-27-10-14(9-23-27)16-6-4-7-18(24-16)21(29)25-19-11-28(15-12-30-13-15)26-20(19)17-5-2-3-8-22-17/h2-11,15H,12-13H2,1H3,(H,25,29). The maximum atomic E-state index is 13.0. The van der Waals surface area contributed by atoms with Crippen LogP contribution >= 0.6 is 0 Å². The van der Waals surface area contributed by atoms with Crippen LogP contribution in [0.4, 0.5) is 5.69 Å². The summed E-state index contributed by atoms with van der Waals surface area (Å²) in [6, 6.07) is 11.1. The first-order valence-corrected chi connectivity index (χ1v) is 9.53. The summed E-state index contributed by atoms with van der Waals surface area (Å²) in [6.07, 6.45) is 7.09. The molecule has 0 bridgehead atoms. The SMILES string of the molecule is Cn1cc(-c2cccc(C(=O)Nc3cn(C4COC4)nc3-c3ccccn3)n2)cn1. The number of ether oxygens (including phenoxy) is 1. The second-order valence-electron chi connectivity index (χ2n) is 7.04. The normalized spacial score (nSPS) is 13.8. The van der Waals surface area contributed by atoms with Gasteiger partial charge in [-0.25, -0.2) is 4.98 Å². The van der Waals surface area contributed by atoms with E-state index in [1.165, 1.54) is 0 Å². The Hall–Kier alpha value is -3.85. The molecule has 1 aliphatic heterocycles. The topological polar surface area (TPSA) is 99.8 Å². The number of rotatable bonds is 5. The molecule has 1 fully saturated rings. The summed E-state index contributed by atoms with van der Waals surface area (Å²) in [5.74, 6) is -0.317. The lowest BCUT2D eigenvalue weighted by atomic mass is 10.2. The van der Waals surface area contributed by atoms with Crippen LogP contribution in [-0.4, -0.2) is 48.6 Å². The van der Waals surface area contributed by atoms with E-state index in [9.17, 15) is 4.79 Å². The molecule has 0 radical (unpaired) electrons. The summed E-state index contributed by atoms with van der Waals surface area (Å²) in [6.45, 7) is 1.21. The molecule has 0 saturated carbocycles. The van der Waals surface area contributed by atoms with Crippen LogP contribution in [0.15, 0.2) is 61.2 Å². The van der Waals surface area contributed by atoms with Gasteiger partial charge in [-0.2, -0.15) is 10.2 Å². The molecule has 9 heteroatoms. The third kappa shape index (κ3) is 3.46. The Bertz CT molecular complexity index is 1200. The van der Waals surface area contributed by atoms with Crippen molar-refractivity contribution in [2.24, 2.45) is 7.05 Å². The van der Waals surface area contributed by atoms with E-state index in [1.807, 2.05) is 48.4 Å². The van der Waals surface area contributed by atoms with Crippen LogP contribution in [0.1, 0.15) is 16.5 Å². The van der Waals surface area contributed by atoms with E-state index in [2.05, 4.69) is 25.5 Å². The fraction of sp³-hybridized carbons (Fsp3) is 0.190. The van der Waals surface area contributed by atoms with Crippen molar-refractivity contribution < 1.29 is 9.53 Å². The van der Waals surface area contributed by atoms with Gasteiger partial charge in [0.05, 0.1) is 42.5 Å². The number of anilines is 1. The highest BCUT2D eigenvalue weighted by molar-refractivity contribution is 6.04. The molecule has 1 saturated heterocycles. The van der Waals surface area contributed by atoms with Gasteiger partial charge in [0.2, 0.25) is 0 Å². The molecule has 4 aromatic rings. The molecule has 0 aromatic carbocycles. The van der Waals surface area contributed by atoms with Gasteiger partial charge in [0.15, 0.2) is 0 Å². The Kier molecular flexibility index (Phi) is 4.56. The lowest BCUT2D eigenvalue weighted by Crippen LogP contribution is -2.30. The molecule has 30 heavy (non-hydrogen) atoms. The van der Waals surface area contributed by atoms with Crippen LogP contribution in [-0.2, 0) is 11.8 Å². The maximum Gasteiger partial charge on any atom is 0.274 e. The Balaban J connectivity index is 1.45. The first kappa shape index (κ1) is 18.2. The van der Waals surface area contributed by atoms with Gasteiger partial charge in [-0.15, -0.1) is 0 Å². The number of aromatic nitrogens is 6. The highest BCUT2D eigenvalue weighted by Crippen LogP contribution is 2.28. The van der Waals surface area contributed by atoms with Crippen LogP contribution in [0.5, 0.6) is 0 Å². The molecule has 0 atom stereocenters. The summed E-state index contributed by atoms with van der Waals surface area (Å²) in [4.78, 5) is 21.8. The fourth-order valence-electron chi connectivity index (χ4n) is 3.20. The quantitative estimate of drug-likeness (QED) is 0.552. The first-order valence-electron chi connectivity index (χ1n) is 9.53. The molecule has 1 N–H and O–H groups in total. The van der Waals surface area contributed by atoms with Gasteiger partial charge in [0, 0.05) is 31.2 Å². The van der Waals surface area contributed by atoms with Gasteiger partial charge in [-0.05, 0) is 24.3 Å². The minimum atomic E-state index is -0.317. The Morgan fingerprint density at radius 2 is 2.00 bits per heavy atom. The zero-order chi connectivity index (χ0) is 20.5. The zero-order valence-electron chi connectivity index (χ0n) is 16.3. The number of amides is 1. The summed E-state index contributed by atoms with van der Waals surface area (Å²) in [5.41, 5.74) is 3.72. The second-order valence-corrected chi connectivity index (χ2v) is 7.04. The largest absolute Gasteiger partial charge is 0.377 e. The van der Waals surface area contributed by atoms with Gasteiger partial charge in [0.25, 0.3) is 5.91 Å². The molecule has 1 amide bonds. The summed E-state index contributed by atoms with van der Waals surface area (Å²) < 4.78 is 8.79. The van der Waals surface area contributed by atoms with E-state index in [0.29, 0.717) is 41.7 Å². The van der Waals surface area contributed by atoms with Crippen molar-refractivity contribution in [2.75, 3.05) is 18.5 Å². The number of hydrogen-bond acceptors (Lipinski definition) is 6. The van der Waals surface area contributed by atoms with E-state index in [-0.39, 0.29) is 11.9 Å². The summed E-state index contributed by atoms with van der Waals surface area (Å²) >= 11 is 0. The smallest absolute Gasteiger partial charge is 0.274 e. The monoisotopic (exact) mass is 401 g/mol. The maximum absolute atomic E-state index is 13.0. The Morgan fingerprint density at radius 3 is 2.70 bits per heavy atom. The van der Waals surface area contributed by atoms with E-state index < -0.39 is 0 Å². The van der Waals surface area contributed by atoms with Gasteiger partial charge in [0.1, 0.15) is 11.4 Å². The van der Waals surface area contributed by atoms with Gasteiger partial charge in [-0.1, -0.05) is 12.1 Å². The van der Waals surface area contributed by atoms with Crippen LogP contribution < -0.4 is 5.32 Å². The number of aryl methyl sites for hydroxylation is 1. The van der Waals surface area contributed by atoms with Crippen LogP contribution in [0.2, 0.25) is 0 Å². The molecule has 0 unspecified atom stereocenters. The number of carbonyl (C=O) groups excluding carboxylic acids is 1. The van der Waals surface area contributed by atoms with Crippen molar-refractivity contribution in [1.82, 2.24) is 29.5 Å². The molecular formula is C21H19N7O2. The molecule has 1 aliphatic rings. The average Bonchev–Trinajstić information content (AvgIpc) is 3.34. The number of hydrogen-bond donors (Lipinski definition) is 1. The predicted molar refractivity (Wildman–Crippen MR) is 110 cm³/mol. The second kappa shape index (κ2) is 7.53. The highest BCUT2D eigenvalue weighted by Gasteiger charge is 2.25. The predicted octanol–water partition coefficient (Wildman–Crippen LogP) is 2.56. The van der Waals surface area contributed by atoms with Crippen LogP contribution in [0.3, 0.4) is 0 Å². The Morgan fingerprint density at radius 1 is 1.13 bits per heavy atom. The molecule has 0 spiro atoms. The minimum absolute atomic E-state index is 0.158. The zero-order valence-corrected chi connectivity index (χ0v) is 16.3. The number of carbonyl (C=O) groups is 1. The van der Waals surface area contributed by atoms with Gasteiger partial charge >= 0.3 is 0 Å². The highest BCUT2D eigenvalue weighted by atomic mass is 16.5.